The molecule has 0 aromatic rings. The van der Waals surface area contributed by atoms with Crippen molar-refractivity contribution in [2.24, 2.45) is 0 Å². The number of carboxylic acid groups (broad SMARTS) is 1. The Labute approximate surface area is 102 Å². The molecule has 0 bridgehead atoms. The third-order valence-electron chi connectivity index (χ3n) is 2.88. The maximum absolute atomic E-state index is 11.5. The molecule has 5 nitrogen and oxygen atoms in total. The molecule has 0 aromatic carbocycles. The van der Waals surface area contributed by atoms with Crippen LogP contribution in [0.15, 0.2) is 0 Å². The van der Waals surface area contributed by atoms with Crippen LogP contribution in [-0.4, -0.2) is 47.2 Å². The average Bonchev–Trinajstić information content (AvgIpc) is 3.07. The highest BCUT2D eigenvalue weighted by Gasteiger charge is 2.38. The quantitative estimate of drug-likeness (QED) is 0.650. The van der Waals surface area contributed by atoms with Crippen LogP contribution >= 0.6 is 0 Å². The van der Waals surface area contributed by atoms with Gasteiger partial charge in [-0.25, -0.2) is 0 Å². The van der Waals surface area contributed by atoms with Crippen molar-refractivity contribution in [2.75, 3.05) is 13.2 Å². The second kappa shape index (κ2) is 6.59. The van der Waals surface area contributed by atoms with Crippen molar-refractivity contribution < 1.29 is 19.4 Å². The van der Waals surface area contributed by atoms with E-state index < -0.39 is 12.0 Å². The zero-order valence-electron chi connectivity index (χ0n) is 10.5. The minimum atomic E-state index is -0.844. The summed E-state index contributed by atoms with van der Waals surface area (Å²) in [6.07, 6.45) is 3.33. The Balaban J connectivity index is 2.62. The standard InChI is InChI=1S/C12H21NO4/c1-3-5-10(12(15)16)13(9-6-7-9)8-11(14)17-4-2/h9-10H,3-8H2,1-2H3,(H,15,16). The van der Waals surface area contributed by atoms with Crippen molar-refractivity contribution >= 4 is 11.9 Å². The molecule has 0 heterocycles. The predicted octanol–water partition coefficient (Wildman–Crippen LogP) is 1.27. The topological polar surface area (TPSA) is 66.8 Å². The molecule has 0 aliphatic heterocycles. The molecule has 1 atom stereocenters. The zero-order chi connectivity index (χ0) is 12.8. The van der Waals surface area contributed by atoms with Crippen LogP contribution in [0.2, 0.25) is 0 Å². The number of rotatable bonds is 8. The fourth-order valence-electron chi connectivity index (χ4n) is 1.96. The molecule has 1 rings (SSSR count). The SMILES string of the molecule is CCCC(C(=O)O)N(CC(=O)OCC)C1CC1. The first kappa shape index (κ1) is 14.0. The Bertz CT molecular complexity index is 276. The second-order valence-corrected chi connectivity index (χ2v) is 4.35. The highest BCUT2D eigenvalue weighted by atomic mass is 16.5. The van der Waals surface area contributed by atoms with Gasteiger partial charge in [0.05, 0.1) is 13.2 Å². The number of carbonyl (C=O) groups is 2. The number of aliphatic carboxylic acids is 1. The summed E-state index contributed by atoms with van der Waals surface area (Å²) >= 11 is 0. The van der Waals surface area contributed by atoms with E-state index in [9.17, 15) is 14.7 Å². The molecule has 0 spiro atoms. The molecular weight excluding hydrogens is 222 g/mol. The van der Waals surface area contributed by atoms with Crippen molar-refractivity contribution in [3.05, 3.63) is 0 Å². The minimum Gasteiger partial charge on any atom is -0.480 e. The molecule has 1 saturated carbocycles. The molecule has 0 saturated heterocycles. The van der Waals surface area contributed by atoms with Crippen molar-refractivity contribution in [3.8, 4) is 0 Å². The fourth-order valence-corrected chi connectivity index (χ4v) is 1.96. The summed E-state index contributed by atoms with van der Waals surface area (Å²) in [7, 11) is 0. The molecule has 0 aromatic heterocycles. The van der Waals surface area contributed by atoms with Gasteiger partial charge in [-0.2, -0.15) is 0 Å². The fraction of sp³-hybridized carbons (Fsp3) is 0.833. The molecule has 0 amide bonds. The monoisotopic (exact) mass is 243 g/mol. The van der Waals surface area contributed by atoms with E-state index >= 15 is 0 Å². The van der Waals surface area contributed by atoms with Gasteiger partial charge in [0.1, 0.15) is 6.04 Å². The van der Waals surface area contributed by atoms with Crippen molar-refractivity contribution in [3.63, 3.8) is 0 Å². The Hall–Kier alpha value is -1.10. The van der Waals surface area contributed by atoms with E-state index in [0.717, 1.165) is 19.3 Å². The van der Waals surface area contributed by atoms with Gasteiger partial charge in [0.15, 0.2) is 0 Å². The van der Waals surface area contributed by atoms with Gasteiger partial charge in [-0.1, -0.05) is 13.3 Å². The van der Waals surface area contributed by atoms with E-state index in [2.05, 4.69) is 0 Å². The Morgan fingerprint density at radius 1 is 1.41 bits per heavy atom. The van der Waals surface area contributed by atoms with Gasteiger partial charge in [-0.15, -0.1) is 0 Å². The molecule has 17 heavy (non-hydrogen) atoms. The highest BCUT2D eigenvalue weighted by molar-refractivity contribution is 5.76. The largest absolute Gasteiger partial charge is 0.480 e. The van der Waals surface area contributed by atoms with Crippen LogP contribution in [-0.2, 0) is 14.3 Å². The number of hydrogen-bond donors (Lipinski definition) is 1. The second-order valence-electron chi connectivity index (χ2n) is 4.35. The van der Waals surface area contributed by atoms with E-state index in [1.165, 1.54) is 0 Å². The van der Waals surface area contributed by atoms with Gasteiger partial charge < -0.3 is 9.84 Å². The van der Waals surface area contributed by atoms with E-state index in [-0.39, 0.29) is 18.6 Å². The van der Waals surface area contributed by atoms with Gasteiger partial charge in [0.25, 0.3) is 0 Å². The van der Waals surface area contributed by atoms with Crippen LogP contribution < -0.4 is 0 Å². The smallest absolute Gasteiger partial charge is 0.320 e. The molecule has 1 aliphatic carbocycles. The van der Waals surface area contributed by atoms with E-state index in [1.807, 2.05) is 6.92 Å². The lowest BCUT2D eigenvalue weighted by molar-refractivity contribution is -0.149. The molecule has 0 radical (unpaired) electrons. The molecular formula is C12H21NO4. The molecule has 98 valence electrons. The van der Waals surface area contributed by atoms with Gasteiger partial charge in [0.2, 0.25) is 0 Å². The first-order chi connectivity index (χ1) is 8.10. The highest BCUT2D eigenvalue weighted by Crippen LogP contribution is 2.29. The summed E-state index contributed by atoms with van der Waals surface area (Å²) in [5.41, 5.74) is 0. The first-order valence-corrected chi connectivity index (χ1v) is 6.24. The van der Waals surface area contributed by atoms with Gasteiger partial charge in [-0.3, -0.25) is 14.5 Å². The molecule has 1 fully saturated rings. The van der Waals surface area contributed by atoms with Crippen LogP contribution in [0, 0.1) is 0 Å². The normalized spacial score (nSPS) is 16.9. The molecule has 1 N–H and O–H groups in total. The van der Waals surface area contributed by atoms with Crippen LogP contribution in [0.1, 0.15) is 39.5 Å². The summed E-state index contributed by atoms with van der Waals surface area (Å²) in [6.45, 7) is 4.13. The van der Waals surface area contributed by atoms with Gasteiger partial charge >= 0.3 is 11.9 Å². The van der Waals surface area contributed by atoms with Crippen molar-refractivity contribution in [1.82, 2.24) is 4.90 Å². The Morgan fingerprint density at radius 3 is 2.47 bits per heavy atom. The molecule has 5 heteroatoms. The van der Waals surface area contributed by atoms with Gasteiger partial charge in [0, 0.05) is 6.04 Å². The van der Waals surface area contributed by atoms with Crippen LogP contribution in [0.5, 0.6) is 0 Å². The van der Waals surface area contributed by atoms with Crippen LogP contribution in [0.3, 0.4) is 0 Å². The number of carbonyl (C=O) groups excluding carboxylic acids is 1. The summed E-state index contributed by atoms with van der Waals surface area (Å²) in [6, 6.07) is -0.316. The van der Waals surface area contributed by atoms with Gasteiger partial charge in [-0.05, 0) is 26.2 Å². The Kier molecular flexibility index (Phi) is 5.41. The average molecular weight is 243 g/mol. The number of carboxylic acids is 1. The Morgan fingerprint density at radius 2 is 2.06 bits per heavy atom. The summed E-state index contributed by atoms with van der Waals surface area (Å²) in [4.78, 5) is 24.5. The number of ether oxygens (including phenoxy) is 1. The summed E-state index contributed by atoms with van der Waals surface area (Å²) in [5.74, 6) is -1.18. The predicted molar refractivity (Wildman–Crippen MR) is 62.7 cm³/mol. The summed E-state index contributed by atoms with van der Waals surface area (Å²) in [5, 5.41) is 9.20. The van der Waals surface area contributed by atoms with Crippen molar-refractivity contribution in [1.29, 1.82) is 0 Å². The van der Waals surface area contributed by atoms with E-state index in [4.69, 9.17) is 4.74 Å². The minimum absolute atomic E-state index is 0.0927. The molecule has 1 unspecified atom stereocenters. The maximum Gasteiger partial charge on any atom is 0.320 e. The lowest BCUT2D eigenvalue weighted by atomic mass is 10.1. The van der Waals surface area contributed by atoms with Crippen molar-refractivity contribution in [2.45, 2.75) is 51.6 Å². The summed E-state index contributed by atoms with van der Waals surface area (Å²) < 4.78 is 4.88. The number of nitrogens with zero attached hydrogens (tertiary/aromatic N) is 1. The maximum atomic E-state index is 11.5. The zero-order valence-corrected chi connectivity index (χ0v) is 10.5. The first-order valence-electron chi connectivity index (χ1n) is 6.24. The third kappa shape index (κ3) is 4.34. The molecule has 1 aliphatic rings. The third-order valence-corrected chi connectivity index (χ3v) is 2.88. The number of esters is 1. The van der Waals surface area contributed by atoms with E-state index in [0.29, 0.717) is 13.0 Å². The lowest BCUT2D eigenvalue weighted by Crippen LogP contribution is -2.45. The van der Waals surface area contributed by atoms with Crippen LogP contribution in [0.25, 0.3) is 0 Å². The lowest BCUT2D eigenvalue weighted by Gasteiger charge is -2.27. The van der Waals surface area contributed by atoms with Crippen LogP contribution in [0.4, 0.5) is 0 Å². The van der Waals surface area contributed by atoms with E-state index in [1.54, 1.807) is 11.8 Å². The number of hydrogen-bond acceptors (Lipinski definition) is 4.